The number of pyridine rings is 1. The molecule has 2 unspecified atom stereocenters. The highest BCUT2D eigenvalue weighted by Gasteiger charge is 2.25. The molecule has 0 amide bonds. The van der Waals surface area contributed by atoms with E-state index in [9.17, 15) is 5.11 Å². The van der Waals surface area contributed by atoms with Crippen LogP contribution in [0.15, 0.2) is 60.8 Å². The van der Waals surface area contributed by atoms with Crippen molar-refractivity contribution < 1.29 is 14.6 Å². The molecule has 2 atom stereocenters. The number of methoxy groups -OCH3 is 1. The number of halogens is 1. The molecule has 0 radical (unpaired) electrons. The molecule has 33 heavy (non-hydrogen) atoms. The minimum Gasteiger partial charge on any atom is -0.497 e. The summed E-state index contributed by atoms with van der Waals surface area (Å²) in [6.07, 6.45) is 5.15. The fraction of sp³-hybridized carbons (Fsp3) is 0.346. The maximum absolute atomic E-state index is 11.1. The summed E-state index contributed by atoms with van der Waals surface area (Å²) in [4.78, 5) is 6.61. The van der Waals surface area contributed by atoms with Crippen LogP contribution in [0, 0.1) is 0 Å². The van der Waals surface area contributed by atoms with Crippen LogP contribution >= 0.6 is 11.6 Å². The molecule has 0 spiro atoms. The molecule has 3 aromatic rings. The van der Waals surface area contributed by atoms with Crippen LogP contribution in [-0.4, -0.2) is 67.5 Å². The smallest absolute Gasteiger partial charge is 0.119 e. The Morgan fingerprint density at radius 3 is 2.97 bits per heavy atom. The highest BCUT2D eigenvalue weighted by atomic mass is 35.5. The summed E-state index contributed by atoms with van der Waals surface area (Å²) < 4.78 is 11.3. The zero-order chi connectivity index (χ0) is 23.0. The predicted octanol–water partition coefficient (Wildman–Crippen LogP) is 3.93. The largest absolute Gasteiger partial charge is 0.497 e. The SMILES string of the molecule is COc1ccc2ncc(Cl)c(C(O)CN3CCOC(CNC/C=C/c4ccccc4)C3)c2c1. The van der Waals surface area contributed by atoms with Gasteiger partial charge in [-0.3, -0.25) is 9.88 Å². The number of hydrogen-bond acceptors (Lipinski definition) is 6. The van der Waals surface area contributed by atoms with Gasteiger partial charge in [0.2, 0.25) is 0 Å². The lowest BCUT2D eigenvalue weighted by Crippen LogP contribution is -2.47. The molecule has 2 N–H and O–H groups in total. The lowest BCUT2D eigenvalue weighted by Gasteiger charge is -2.34. The van der Waals surface area contributed by atoms with Crippen LogP contribution in [0.1, 0.15) is 17.2 Å². The highest BCUT2D eigenvalue weighted by molar-refractivity contribution is 6.32. The van der Waals surface area contributed by atoms with E-state index in [1.165, 1.54) is 5.56 Å². The van der Waals surface area contributed by atoms with Crippen molar-refractivity contribution in [3.8, 4) is 5.75 Å². The second kappa shape index (κ2) is 11.6. The Bertz CT molecular complexity index is 1080. The van der Waals surface area contributed by atoms with E-state index in [0.29, 0.717) is 29.5 Å². The molecule has 0 saturated carbocycles. The number of rotatable bonds is 9. The standard InChI is InChI=1S/C26H30ClN3O3/c1-32-20-9-10-24-22(14-20)26(23(27)16-29-24)25(31)18-30-12-13-33-21(17-30)15-28-11-5-8-19-6-3-2-4-7-19/h2-10,14,16,21,25,28,31H,11-13,15,17-18H2,1H3/b8-5+. The van der Waals surface area contributed by atoms with Crippen molar-refractivity contribution in [3.05, 3.63) is 77.0 Å². The van der Waals surface area contributed by atoms with Crippen LogP contribution in [0.25, 0.3) is 17.0 Å². The van der Waals surface area contributed by atoms with Gasteiger partial charge in [-0.15, -0.1) is 0 Å². The summed E-state index contributed by atoms with van der Waals surface area (Å²) in [5.41, 5.74) is 2.66. The zero-order valence-corrected chi connectivity index (χ0v) is 19.5. The molecule has 2 heterocycles. The van der Waals surface area contributed by atoms with E-state index in [0.717, 1.165) is 37.1 Å². The molecule has 6 nitrogen and oxygen atoms in total. The molecule has 7 heteroatoms. The Morgan fingerprint density at radius 2 is 2.15 bits per heavy atom. The van der Waals surface area contributed by atoms with Gasteiger partial charge in [0.25, 0.3) is 0 Å². The number of β-amino-alcohol motifs (C(OH)–C–C–N with tert-alkyl or cyclic N) is 1. The average molecular weight is 468 g/mol. The fourth-order valence-electron chi connectivity index (χ4n) is 4.13. The van der Waals surface area contributed by atoms with E-state index in [1.807, 2.05) is 36.4 Å². The maximum Gasteiger partial charge on any atom is 0.119 e. The molecular formula is C26H30ClN3O3. The van der Waals surface area contributed by atoms with Crippen molar-refractivity contribution in [2.75, 3.05) is 46.4 Å². The molecule has 2 aromatic carbocycles. The first-order valence-electron chi connectivity index (χ1n) is 11.2. The normalized spacial score (nSPS) is 18.1. The third kappa shape index (κ3) is 6.31. The summed E-state index contributed by atoms with van der Waals surface area (Å²) >= 11 is 6.46. The zero-order valence-electron chi connectivity index (χ0n) is 18.8. The van der Waals surface area contributed by atoms with Crippen molar-refractivity contribution in [1.82, 2.24) is 15.2 Å². The molecule has 1 fully saturated rings. The minimum atomic E-state index is -0.740. The number of fused-ring (bicyclic) bond motifs is 1. The Morgan fingerprint density at radius 1 is 1.30 bits per heavy atom. The van der Waals surface area contributed by atoms with Gasteiger partial charge in [0.05, 0.1) is 36.5 Å². The summed E-state index contributed by atoms with van der Waals surface area (Å²) in [6.45, 7) is 4.16. The third-order valence-corrected chi connectivity index (χ3v) is 6.10. The number of aliphatic hydroxyl groups is 1. The first-order chi connectivity index (χ1) is 16.1. The van der Waals surface area contributed by atoms with E-state index in [2.05, 4.69) is 39.5 Å². The number of morpholine rings is 1. The Labute approximate surface area is 199 Å². The van der Waals surface area contributed by atoms with Crippen molar-refractivity contribution in [2.45, 2.75) is 12.2 Å². The van der Waals surface area contributed by atoms with Gasteiger partial charge in [0, 0.05) is 49.9 Å². The second-order valence-electron chi connectivity index (χ2n) is 8.14. The Balaban J connectivity index is 1.33. The first kappa shape index (κ1) is 23.7. The van der Waals surface area contributed by atoms with E-state index in [4.69, 9.17) is 21.1 Å². The number of nitrogens with one attached hydrogen (secondary N) is 1. The van der Waals surface area contributed by atoms with E-state index in [-0.39, 0.29) is 6.10 Å². The lowest BCUT2D eigenvalue weighted by molar-refractivity contribution is -0.0390. The molecule has 1 saturated heterocycles. The van der Waals surface area contributed by atoms with Crippen LogP contribution in [0.3, 0.4) is 0 Å². The summed E-state index contributed by atoms with van der Waals surface area (Å²) in [7, 11) is 1.62. The fourth-order valence-corrected chi connectivity index (χ4v) is 4.40. The van der Waals surface area contributed by atoms with Gasteiger partial charge < -0.3 is 19.9 Å². The third-order valence-electron chi connectivity index (χ3n) is 5.80. The molecule has 0 bridgehead atoms. The number of benzene rings is 2. The van der Waals surface area contributed by atoms with Gasteiger partial charge in [-0.25, -0.2) is 0 Å². The van der Waals surface area contributed by atoms with E-state index in [1.54, 1.807) is 13.3 Å². The number of hydrogen-bond donors (Lipinski definition) is 2. The van der Waals surface area contributed by atoms with Crippen molar-refractivity contribution >= 4 is 28.6 Å². The van der Waals surface area contributed by atoms with Crippen LogP contribution in [0.4, 0.5) is 0 Å². The molecule has 4 rings (SSSR count). The quantitative estimate of drug-likeness (QED) is 0.465. The van der Waals surface area contributed by atoms with Gasteiger partial charge in [0.15, 0.2) is 0 Å². The molecule has 1 aliphatic heterocycles. The molecular weight excluding hydrogens is 438 g/mol. The summed E-state index contributed by atoms with van der Waals surface area (Å²) in [5, 5.41) is 15.8. The second-order valence-corrected chi connectivity index (χ2v) is 8.55. The topological polar surface area (TPSA) is 66.9 Å². The average Bonchev–Trinajstić information content (AvgIpc) is 2.84. The van der Waals surface area contributed by atoms with E-state index < -0.39 is 6.10 Å². The van der Waals surface area contributed by atoms with Crippen molar-refractivity contribution in [2.24, 2.45) is 0 Å². The van der Waals surface area contributed by atoms with Crippen LogP contribution in [-0.2, 0) is 4.74 Å². The van der Waals surface area contributed by atoms with Crippen LogP contribution in [0.5, 0.6) is 5.75 Å². The number of aromatic nitrogens is 1. The Hall–Kier alpha value is -2.48. The first-order valence-corrected chi connectivity index (χ1v) is 11.6. The number of ether oxygens (including phenoxy) is 2. The van der Waals surface area contributed by atoms with Crippen molar-refractivity contribution in [1.29, 1.82) is 0 Å². The molecule has 174 valence electrons. The van der Waals surface area contributed by atoms with Gasteiger partial charge >= 0.3 is 0 Å². The van der Waals surface area contributed by atoms with Gasteiger partial charge in [-0.1, -0.05) is 54.1 Å². The maximum atomic E-state index is 11.1. The molecule has 0 aliphatic carbocycles. The minimum absolute atomic E-state index is 0.0702. The Kier molecular flexibility index (Phi) is 8.31. The number of nitrogens with zero attached hydrogens (tertiary/aromatic N) is 2. The monoisotopic (exact) mass is 467 g/mol. The predicted molar refractivity (Wildman–Crippen MR) is 133 cm³/mol. The van der Waals surface area contributed by atoms with Crippen LogP contribution in [0.2, 0.25) is 5.02 Å². The van der Waals surface area contributed by atoms with Gasteiger partial charge in [-0.2, -0.15) is 0 Å². The van der Waals surface area contributed by atoms with Crippen molar-refractivity contribution in [3.63, 3.8) is 0 Å². The highest BCUT2D eigenvalue weighted by Crippen LogP contribution is 2.32. The summed E-state index contributed by atoms with van der Waals surface area (Å²) in [5.74, 6) is 0.707. The van der Waals surface area contributed by atoms with Gasteiger partial charge in [0.1, 0.15) is 5.75 Å². The molecule has 1 aromatic heterocycles. The lowest BCUT2D eigenvalue weighted by atomic mass is 10.0. The van der Waals surface area contributed by atoms with Gasteiger partial charge in [-0.05, 0) is 23.8 Å². The number of aliphatic hydroxyl groups excluding tert-OH is 1. The summed E-state index contributed by atoms with van der Waals surface area (Å²) in [6, 6.07) is 15.9. The van der Waals surface area contributed by atoms with E-state index >= 15 is 0 Å². The molecule has 1 aliphatic rings. The van der Waals surface area contributed by atoms with Crippen LogP contribution < -0.4 is 10.1 Å².